The van der Waals surface area contributed by atoms with Crippen LogP contribution in [0.4, 0.5) is 11.4 Å². The van der Waals surface area contributed by atoms with Crippen molar-refractivity contribution >= 4 is 11.4 Å². The van der Waals surface area contributed by atoms with Gasteiger partial charge in [-0.15, -0.1) is 0 Å². The molecule has 0 amide bonds. The molecule has 31 heavy (non-hydrogen) atoms. The van der Waals surface area contributed by atoms with Crippen molar-refractivity contribution in [3.05, 3.63) is 60.2 Å². The van der Waals surface area contributed by atoms with Crippen LogP contribution in [0.15, 0.2) is 54.6 Å². The molecule has 0 aromatic heterocycles. The van der Waals surface area contributed by atoms with Crippen molar-refractivity contribution in [2.45, 2.75) is 116 Å². The van der Waals surface area contributed by atoms with Gasteiger partial charge in [0.05, 0.1) is 0 Å². The predicted molar refractivity (Wildman–Crippen MR) is 139 cm³/mol. The summed E-state index contributed by atoms with van der Waals surface area (Å²) in [5, 5.41) is 3.46. The van der Waals surface area contributed by atoms with Crippen molar-refractivity contribution in [2.75, 3.05) is 5.32 Å². The van der Waals surface area contributed by atoms with Gasteiger partial charge < -0.3 is 5.32 Å². The van der Waals surface area contributed by atoms with E-state index >= 15 is 0 Å². The summed E-state index contributed by atoms with van der Waals surface area (Å²) in [6.45, 7) is 2.30. The molecule has 0 heterocycles. The van der Waals surface area contributed by atoms with Crippen molar-refractivity contribution in [1.82, 2.24) is 0 Å². The summed E-state index contributed by atoms with van der Waals surface area (Å²) < 4.78 is 0. The number of hydrogen-bond donors (Lipinski definition) is 1. The number of rotatable bonds is 19. The molecule has 0 radical (unpaired) electrons. The van der Waals surface area contributed by atoms with Gasteiger partial charge in [-0.2, -0.15) is 0 Å². The monoisotopic (exact) mass is 421 g/mol. The highest BCUT2D eigenvalue weighted by Crippen LogP contribution is 2.18. The fourth-order valence-electron chi connectivity index (χ4n) is 4.32. The zero-order valence-corrected chi connectivity index (χ0v) is 20.2. The van der Waals surface area contributed by atoms with Gasteiger partial charge in [0, 0.05) is 11.4 Å². The molecule has 0 bridgehead atoms. The van der Waals surface area contributed by atoms with Gasteiger partial charge >= 0.3 is 0 Å². The Labute approximate surface area is 193 Å². The quantitative estimate of drug-likeness (QED) is 0.222. The van der Waals surface area contributed by atoms with Crippen molar-refractivity contribution in [3.8, 4) is 0 Å². The second-order valence-electron chi connectivity index (χ2n) is 9.24. The van der Waals surface area contributed by atoms with E-state index in [1.807, 2.05) is 6.07 Å². The largest absolute Gasteiger partial charge is 0.356 e. The second kappa shape index (κ2) is 17.9. The first kappa shape index (κ1) is 25.5. The minimum Gasteiger partial charge on any atom is -0.356 e. The summed E-state index contributed by atoms with van der Waals surface area (Å²) in [6.07, 6.45) is 24.1. The van der Waals surface area contributed by atoms with E-state index in [4.69, 9.17) is 0 Å². The molecule has 0 fully saturated rings. The number of unbranched alkanes of at least 4 members (excludes halogenated alkanes) is 15. The van der Waals surface area contributed by atoms with Crippen LogP contribution in [0.2, 0.25) is 0 Å². The molecule has 1 heteroatoms. The Balaban J connectivity index is 1.36. The molecule has 0 spiro atoms. The van der Waals surface area contributed by atoms with Gasteiger partial charge in [0.15, 0.2) is 0 Å². The maximum Gasteiger partial charge on any atom is 0.0384 e. The van der Waals surface area contributed by atoms with E-state index in [0.29, 0.717) is 0 Å². The Morgan fingerprint density at radius 2 is 0.871 bits per heavy atom. The van der Waals surface area contributed by atoms with E-state index in [-0.39, 0.29) is 0 Å². The normalized spacial score (nSPS) is 11.0. The van der Waals surface area contributed by atoms with Crippen LogP contribution >= 0.6 is 0 Å². The summed E-state index contributed by atoms with van der Waals surface area (Å²) >= 11 is 0. The summed E-state index contributed by atoms with van der Waals surface area (Å²) in [7, 11) is 0. The molecule has 1 N–H and O–H groups in total. The lowest BCUT2D eigenvalue weighted by Crippen LogP contribution is -1.91. The van der Waals surface area contributed by atoms with E-state index in [2.05, 4.69) is 60.8 Å². The molecular weight excluding hydrogens is 374 g/mol. The Kier molecular flexibility index (Phi) is 14.7. The maximum atomic E-state index is 3.46. The molecule has 0 aliphatic heterocycles. The zero-order valence-electron chi connectivity index (χ0n) is 20.2. The maximum absolute atomic E-state index is 3.46. The highest BCUT2D eigenvalue weighted by atomic mass is 14.9. The molecule has 0 saturated heterocycles. The van der Waals surface area contributed by atoms with Crippen molar-refractivity contribution in [2.24, 2.45) is 0 Å². The average Bonchev–Trinajstić information content (AvgIpc) is 2.80. The van der Waals surface area contributed by atoms with E-state index in [1.165, 1.54) is 120 Å². The van der Waals surface area contributed by atoms with Gasteiger partial charge in [0.2, 0.25) is 0 Å². The molecule has 1 nitrogen and oxygen atoms in total. The third kappa shape index (κ3) is 13.3. The third-order valence-electron chi connectivity index (χ3n) is 6.34. The van der Waals surface area contributed by atoms with Crippen LogP contribution < -0.4 is 5.32 Å². The molecule has 0 aliphatic rings. The first-order valence-corrected chi connectivity index (χ1v) is 13.3. The molecule has 172 valence electrons. The molecule has 0 aliphatic carbocycles. The highest BCUT2D eigenvalue weighted by molar-refractivity contribution is 5.59. The van der Waals surface area contributed by atoms with Crippen LogP contribution in [0, 0.1) is 0 Å². The van der Waals surface area contributed by atoms with E-state index < -0.39 is 0 Å². The lowest BCUT2D eigenvalue weighted by Gasteiger charge is -2.07. The molecule has 2 aromatic rings. The van der Waals surface area contributed by atoms with E-state index in [0.717, 1.165) is 5.69 Å². The SMILES string of the molecule is CCCCCCCCCCCCCCCCCCc1ccc(Nc2ccccc2)cc1. The van der Waals surface area contributed by atoms with E-state index in [9.17, 15) is 0 Å². The first-order valence-electron chi connectivity index (χ1n) is 13.3. The number of para-hydroxylation sites is 1. The van der Waals surface area contributed by atoms with Crippen molar-refractivity contribution in [1.29, 1.82) is 0 Å². The van der Waals surface area contributed by atoms with E-state index in [1.54, 1.807) is 0 Å². The molecule has 0 atom stereocenters. The van der Waals surface area contributed by atoms with Crippen LogP contribution in [-0.4, -0.2) is 0 Å². The molecule has 0 saturated carbocycles. The number of benzene rings is 2. The second-order valence-corrected chi connectivity index (χ2v) is 9.24. The topological polar surface area (TPSA) is 12.0 Å². The Morgan fingerprint density at radius 1 is 0.452 bits per heavy atom. The standard InChI is InChI=1S/C30H47N/c1-2-3-4-5-6-7-8-9-10-11-12-13-14-15-16-18-21-28-24-26-30(27-25-28)31-29-22-19-17-20-23-29/h17,19-20,22-27,31H,2-16,18,21H2,1H3. The lowest BCUT2D eigenvalue weighted by atomic mass is 10.0. The minimum absolute atomic E-state index is 1.15. The smallest absolute Gasteiger partial charge is 0.0384 e. The summed E-state index contributed by atoms with van der Waals surface area (Å²) in [6, 6.07) is 19.3. The molecule has 2 rings (SSSR count). The summed E-state index contributed by atoms with van der Waals surface area (Å²) in [4.78, 5) is 0. The lowest BCUT2D eigenvalue weighted by molar-refractivity contribution is 0.529. The zero-order chi connectivity index (χ0) is 21.8. The average molecular weight is 422 g/mol. The van der Waals surface area contributed by atoms with Gasteiger partial charge in [-0.25, -0.2) is 0 Å². The first-order chi connectivity index (χ1) is 15.4. The number of aryl methyl sites for hydroxylation is 1. The predicted octanol–water partition coefficient (Wildman–Crippen LogP) is 10.2. The third-order valence-corrected chi connectivity index (χ3v) is 6.34. The fourth-order valence-corrected chi connectivity index (χ4v) is 4.32. The van der Waals surface area contributed by atoms with Crippen LogP contribution in [0.5, 0.6) is 0 Å². The van der Waals surface area contributed by atoms with Gasteiger partial charge in [-0.05, 0) is 42.7 Å². The highest BCUT2D eigenvalue weighted by Gasteiger charge is 1.98. The Bertz CT molecular complexity index is 631. The van der Waals surface area contributed by atoms with Gasteiger partial charge in [-0.3, -0.25) is 0 Å². The number of nitrogens with one attached hydrogen (secondary N) is 1. The number of anilines is 2. The molecule has 2 aromatic carbocycles. The summed E-state index contributed by atoms with van der Waals surface area (Å²) in [5.74, 6) is 0. The van der Waals surface area contributed by atoms with Crippen LogP contribution in [0.1, 0.15) is 115 Å². The van der Waals surface area contributed by atoms with Crippen molar-refractivity contribution in [3.63, 3.8) is 0 Å². The Hall–Kier alpha value is -1.76. The van der Waals surface area contributed by atoms with Crippen molar-refractivity contribution < 1.29 is 0 Å². The van der Waals surface area contributed by atoms with Crippen LogP contribution in [-0.2, 0) is 6.42 Å². The Morgan fingerprint density at radius 3 is 1.35 bits per heavy atom. The summed E-state index contributed by atoms with van der Waals surface area (Å²) in [5.41, 5.74) is 3.78. The van der Waals surface area contributed by atoms with Gasteiger partial charge in [-0.1, -0.05) is 134 Å². The van der Waals surface area contributed by atoms with Crippen LogP contribution in [0.25, 0.3) is 0 Å². The fraction of sp³-hybridized carbons (Fsp3) is 0.600. The van der Waals surface area contributed by atoms with Crippen LogP contribution in [0.3, 0.4) is 0 Å². The van der Waals surface area contributed by atoms with Gasteiger partial charge in [0.1, 0.15) is 0 Å². The molecule has 0 unspecified atom stereocenters. The van der Waals surface area contributed by atoms with Gasteiger partial charge in [0.25, 0.3) is 0 Å². The number of hydrogen-bond acceptors (Lipinski definition) is 1. The minimum atomic E-state index is 1.15. The molecular formula is C30H47N.